The van der Waals surface area contributed by atoms with E-state index in [0.29, 0.717) is 11.3 Å². The summed E-state index contributed by atoms with van der Waals surface area (Å²) in [5.41, 5.74) is 0.988. The zero-order chi connectivity index (χ0) is 13.9. The molecular weight excluding hydrogens is 252 g/mol. The highest BCUT2D eigenvalue weighted by Gasteiger charge is 2.33. The first-order valence-corrected chi connectivity index (χ1v) is 7.12. The Morgan fingerprint density at radius 2 is 1.70 bits per heavy atom. The first-order valence-electron chi connectivity index (χ1n) is 7.12. The molecule has 2 atom stereocenters. The molecule has 2 unspecified atom stereocenters. The number of benzene rings is 1. The second kappa shape index (κ2) is 5.49. The van der Waals surface area contributed by atoms with Crippen molar-refractivity contribution >= 4 is 11.7 Å². The van der Waals surface area contributed by atoms with Gasteiger partial charge in [-0.15, -0.1) is 0 Å². The minimum Gasteiger partial charge on any atom is -0.376 e. The number of nitrogens with one attached hydrogen (secondary N) is 2. The molecule has 1 saturated heterocycles. The minimum absolute atomic E-state index is 0.141. The van der Waals surface area contributed by atoms with Crippen LogP contribution in [0.2, 0.25) is 0 Å². The number of rotatable bonds is 2. The van der Waals surface area contributed by atoms with E-state index in [2.05, 4.69) is 10.6 Å². The molecule has 2 aliphatic rings. The van der Waals surface area contributed by atoms with E-state index in [4.69, 9.17) is 0 Å². The third kappa shape index (κ3) is 2.59. The lowest BCUT2D eigenvalue weighted by Gasteiger charge is -2.38. The van der Waals surface area contributed by atoms with E-state index < -0.39 is 0 Å². The average molecular weight is 270 g/mol. The molecule has 104 valence electrons. The van der Waals surface area contributed by atoms with Crippen molar-refractivity contribution in [1.29, 1.82) is 0 Å². The number of allylic oxidation sites excluding steroid dienone is 1. The predicted molar refractivity (Wildman–Crippen MR) is 76.2 cm³/mol. The lowest BCUT2D eigenvalue weighted by molar-refractivity contribution is -0.120. The van der Waals surface area contributed by atoms with Gasteiger partial charge in [0.2, 0.25) is 0 Å². The van der Waals surface area contributed by atoms with Crippen LogP contribution < -0.4 is 10.6 Å². The van der Waals surface area contributed by atoms with Crippen LogP contribution in [-0.4, -0.2) is 23.8 Å². The number of ketones is 1. The monoisotopic (exact) mass is 270 g/mol. The highest BCUT2D eigenvalue weighted by Crippen LogP contribution is 2.22. The maximum Gasteiger partial charge on any atom is 0.267 e. The quantitative estimate of drug-likeness (QED) is 0.636. The van der Waals surface area contributed by atoms with Crippen LogP contribution in [0.1, 0.15) is 36.0 Å². The van der Waals surface area contributed by atoms with Gasteiger partial charge in [0, 0.05) is 23.7 Å². The van der Waals surface area contributed by atoms with Crippen LogP contribution >= 0.6 is 0 Å². The van der Waals surface area contributed by atoms with E-state index in [1.807, 2.05) is 18.2 Å². The maximum absolute atomic E-state index is 12.1. The van der Waals surface area contributed by atoms with Gasteiger partial charge in [-0.05, 0) is 12.8 Å². The highest BCUT2D eigenvalue weighted by atomic mass is 16.2. The SMILES string of the molecule is O=C1NC2CCCCC2N/C1=C/C(=O)c1ccccc1. The van der Waals surface area contributed by atoms with Crippen molar-refractivity contribution in [3.8, 4) is 0 Å². The first kappa shape index (κ1) is 12.9. The molecule has 2 fully saturated rings. The van der Waals surface area contributed by atoms with Crippen molar-refractivity contribution in [2.24, 2.45) is 0 Å². The number of carbonyl (C=O) groups excluding carboxylic acids is 2. The number of carbonyl (C=O) groups is 2. The standard InChI is InChI=1S/C16H18N2O2/c19-15(11-6-2-1-3-7-11)10-14-16(20)18-13-9-5-4-8-12(13)17-14/h1-3,6-7,10,12-13,17H,4-5,8-9H2,(H,18,20)/b14-10+. The van der Waals surface area contributed by atoms with E-state index in [1.54, 1.807) is 12.1 Å². The van der Waals surface area contributed by atoms with Gasteiger partial charge in [-0.3, -0.25) is 9.59 Å². The van der Waals surface area contributed by atoms with Crippen LogP contribution in [0, 0.1) is 0 Å². The summed E-state index contributed by atoms with van der Waals surface area (Å²) in [6.45, 7) is 0. The molecule has 4 heteroatoms. The fourth-order valence-electron chi connectivity index (χ4n) is 2.91. The van der Waals surface area contributed by atoms with Crippen LogP contribution in [0.3, 0.4) is 0 Å². The van der Waals surface area contributed by atoms with Crippen LogP contribution in [0.15, 0.2) is 42.1 Å². The molecule has 1 aromatic carbocycles. The zero-order valence-electron chi connectivity index (χ0n) is 11.3. The molecule has 0 spiro atoms. The molecule has 1 saturated carbocycles. The molecule has 1 aromatic rings. The Hall–Kier alpha value is -2.10. The summed E-state index contributed by atoms with van der Waals surface area (Å²) in [5, 5.41) is 6.24. The summed E-state index contributed by atoms with van der Waals surface area (Å²) < 4.78 is 0. The van der Waals surface area contributed by atoms with Crippen molar-refractivity contribution in [2.75, 3.05) is 0 Å². The summed E-state index contributed by atoms with van der Waals surface area (Å²) in [6, 6.07) is 9.47. The Morgan fingerprint density at radius 3 is 2.40 bits per heavy atom. The second-order valence-corrected chi connectivity index (χ2v) is 5.40. The van der Waals surface area contributed by atoms with E-state index in [9.17, 15) is 9.59 Å². The van der Waals surface area contributed by atoms with Crippen molar-refractivity contribution in [3.05, 3.63) is 47.7 Å². The van der Waals surface area contributed by atoms with Gasteiger partial charge in [0.25, 0.3) is 5.91 Å². The zero-order valence-corrected chi connectivity index (χ0v) is 11.3. The number of hydrogen-bond donors (Lipinski definition) is 2. The van der Waals surface area contributed by atoms with E-state index >= 15 is 0 Å². The molecule has 2 N–H and O–H groups in total. The second-order valence-electron chi connectivity index (χ2n) is 5.40. The summed E-state index contributed by atoms with van der Waals surface area (Å²) in [7, 11) is 0. The number of hydrogen-bond acceptors (Lipinski definition) is 3. The molecule has 1 aliphatic carbocycles. The van der Waals surface area contributed by atoms with E-state index in [-0.39, 0.29) is 23.8 Å². The lowest BCUT2D eigenvalue weighted by atomic mass is 9.88. The number of fused-ring (bicyclic) bond motifs is 1. The van der Waals surface area contributed by atoms with Crippen LogP contribution in [-0.2, 0) is 4.79 Å². The Morgan fingerprint density at radius 1 is 1.05 bits per heavy atom. The Bertz CT molecular complexity index is 551. The molecule has 3 rings (SSSR count). The summed E-state index contributed by atoms with van der Waals surface area (Å²) >= 11 is 0. The maximum atomic E-state index is 12.1. The van der Waals surface area contributed by atoms with Crippen molar-refractivity contribution in [1.82, 2.24) is 10.6 Å². The molecule has 1 amide bonds. The van der Waals surface area contributed by atoms with Gasteiger partial charge < -0.3 is 10.6 Å². The van der Waals surface area contributed by atoms with Gasteiger partial charge >= 0.3 is 0 Å². The summed E-state index contributed by atoms with van der Waals surface area (Å²) in [5.74, 6) is -0.310. The topological polar surface area (TPSA) is 58.2 Å². The number of amides is 1. The van der Waals surface area contributed by atoms with E-state index in [1.165, 1.54) is 12.5 Å². The smallest absolute Gasteiger partial charge is 0.267 e. The van der Waals surface area contributed by atoms with Gasteiger partial charge in [-0.1, -0.05) is 43.2 Å². The highest BCUT2D eigenvalue weighted by molar-refractivity contribution is 6.09. The van der Waals surface area contributed by atoms with Crippen LogP contribution in [0.4, 0.5) is 0 Å². The van der Waals surface area contributed by atoms with Crippen LogP contribution in [0.5, 0.6) is 0 Å². The summed E-state index contributed by atoms with van der Waals surface area (Å²) in [6.07, 6.45) is 5.80. The molecule has 0 bridgehead atoms. The normalized spacial score (nSPS) is 27.4. The van der Waals surface area contributed by atoms with Crippen LogP contribution in [0.25, 0.3) is 0 Å². The molecule has 1 aliphatic heterocycles. The van der Waals surface area contributed by atoms with Gasteiger partial charge in [-0.2, -0.15) is 0 Å². The molecule has 4 nitrogen and oxygen atoms in total. The minimum atomic E-state index is -0.169. The molecular formula is C16H18N2O2. The van der Waals surface area contributed by atoms with Crippen molar-refractivity contribution in [3.63, 3.8) is 0 Å². The molecule has 0 radical (unpaired) electrons. The Kier molecular flexibility index (Phi) is 3.54. The van der Waals surface area contributed by atoms with Gasteiger partial charge in [0.05, 0.1) is 0 Å². The Labute approximate surface area is 118 Å². The Balaban J connectivity index is 1.77. The molecule has 20 heavy (non-hydrogen) atoms. The average Bonchev–Trinajstić information content (AvgIpc) is 2.49. The predicted octanol–water partition coefficient (Wildman–Crippen LogP) is 1.78. The third-order valence-corrected chi connectivity index (χ3v) is 4.00. The van der Waals surface area contributed by atoms with Gasteiger partial charge in [0.1, 0.15) is 5.70 Å². The fraction of sp³-hybridized carbons (Fsp3) is 0.375. The molecule has 1 heterocycles. The largest absolute Gasteiger partial charge is 0.376 e. The number of piperazine rings is 1. The fourth-order valence-corrected chi connectivity index (χ4v) is 2.91. The third-order valence-electron chi connectivity index (χ3n) is 4.00. The summed E-state index contributed by atoms with van der Waals surface area (Å²) in [4.78, 5) is 24.1. The van der Waals surface area contributed by atoms with E-state index in [0.717, 1.165) is 19.3 Å². The van der Waals surface area contributed by atoms with Crippen molar-refractivity contribution < 1.29 is 9.59 Å². The lowest BCUT2D eigenvalue weighted by Crippen LogP contribution is -2.58. The van der Waals surface area contributed by atoms with Crippen molar-refractivity contribution in [2.45, 2.75) is 37.8 Å². The van der Waals surface area contributed by atoms with Gasteiger partial charge in [0.15, 0.2) is 5.78 Å². The van der Waals surface area contributed by atoms with Gasteiger partial charge in [-0.25, -0.2) is 0 Å². The molecule has 0 aromatic heterocycles. The first-order chi connectivity index (χ1) is 9.74.